The molecule has 1 heterocycles. The summed E-state index contributed by atoms with van der Waals surface area (Å²) in [6.07, 6.45) is -1.97. The number of alkyl halides is 3. The SMILES string of the molecule is COC(=O)Cc1cnc(CCl)c(C(F)F)c1C#N. The van der Waals surface area contributed by atoms with Crippen LogP contribution in [0.1, 0.15) is 28.8 Å². The molecule has 96 valence electrons. The van der Waals surface area contributed by atoms with Crippen molar-refractivity contribution < 1.29 is 18.3 Å². The molecule has 7 heteroatoms. The largest absolute Gasteiger partial charge is 0.469 e. The predicted octanol–water partition coefficient (Wildman–Crippen LogP) is 2.35. The van der Waals surface area contributed by atoms with E-state index in [9.17, 15) is 13.6 Å². The fraction of sp³-hybridized carbons (Fsp3) is 0.364. The third-order valence-electron chi connectivity index (χ3n) is 2.30. The molecule has 0 aliphatic heterocycles. The Hall–Kier alpha value is -1.74. The maximum atomic E-state index is 12.9. The minimum Gasteiger partial charge on any atom is -0.469 e. The van der Waals surface area contributed by atoms with E-state index in [2.05, 4.69) is 9.72 Å². The monoisotopic (exact) mass is 274 g/mol. The smallest absolute Gasteiger partial charge is 0.310 e. The highest BCUT2D eigenvalue weighted by molar-refractivity contribution is 6.17. The summed E-state index contributed by atoms with van der Waals surface area (Å²) in [5.41, 5.74) is -0.736. The van der Waals surface area contributed by atoms with Gasteiger partial charge in [-0.2, -0.15) is 5.26 Å². The molecule has 0 saturated heterocycles. The van der Waals surface area contributed by atoms with Gasteiger partial charge in [-0.1, -0.05) is 0 Å². The topological polar surface area (TPSA) is 63.0 Å². The van der Waals surface area contributed by atoms with Gasteiger partial charge in [0.05, 0.1) is 36.2 Å². The fourth-order valence-corrected chi connectivity index (χ4v) is 1.66. The summed E-state index contributed by atoms with van der Waals surface area (Å²) in [7, 11) is 1.17. The summed E-state index contributed by atoms with van der Waals surface area (Å²) in [5, 5.41) is 8.95. The molecule has 0 bridgehead atoms. The van der Waals surface area contributed by atoms with Gasteiger partial charge in [-0.15, -0.1) is 11.6 Å². The molecule has 0 aromatic carbocycles. The highest BCUT2D eigenvalue weighted by Crippen LogP contribution is 2.28. The van der Waals surface area contributed by atoms with E-state index in [0.29, 0.717) is 0 Å². The van der Waals surface area contributed by atoms with Crippen LogP contribution in [0.15, 0.2) is 6.20 Å². The normalized spacial score (nSPS) is 10.2. The number of rotatable bonds is 4. The maximum Gasteiger partial charge on any atom is 0.310 e. The predicted molar refractivity (Wildman–Crippen MR) is 59.2 cm³/mol. The Labute approximate surface area is 107 Å². The molecule has 0 spiro atoms. The van der Waals surface area contributed by atoms with Crippen molar-refractivity contribution in [3.05, 3.63) is 28.6 Å². The Morgan fingerprint density at radius 1 is 1.67 bits per heavy atom. The van der Waals surface area contributed by atoms with Gasteiger partial charge in [0, 0.05) is 6.20 Å². The van der Waals surface area contributed by atoms with Gasteiger partial charge >= 0.3 is 5.97 Å². The minimum atomic E-state index is -2.88. The van der Waals surface area contributed by atoms with Crippen LogP contribution < -0.4 is 0 Å². The van der Waals surface area contributed by atoms with Gasteiger partial charge in [-0.3, -0.25) is 9.78 Å². The summed E-state index contributed by atoms with van der Waals surface area (Å²) in [6, 6.07) is 1.66. The molecule has 1 aromatic rings. The van der Waals surface area contributed by atoms with Crippen molar-refractivity contribution in [1.29, 1.82) is 5.26 Å². The van der Waals surface area contributed by atoms with Crippen LogP contribution in [0.3, 0.4) is 0 Å². The number of methoxy groups -OCH3 is 1. The molecule has 0 unspecified atom stereocenters. The molecule has 0 radical (unpaired) electrons. The second-order valence-electron chi connectivity index (χ2n) is 3.32. The Morgan fingerprint density at radius 2 is 2.33 bits per heavy atom. The number of halogens is 3. The van der Waals surface area contributed by atoms with Gasteiger partial charge in [0.1, 0.15) is 6.07 Å². The number of esters is 1. The molecule has 18 heavy (non-hydrogen) atoms. The van der Waals surface area contributed by atoms with Crippen molar-refractivity contribution in [3.63, 3.8) is 0 Å². The van der Waals surface area contributed by atoms with Crippen LogP contribution in [0.4, 0.5) is 8.78 Å². The molecule has 0 aliphatic carbocycles. The van der Waals surface area contributed by atoms with E-state index in [0.717, 1.165) is 0 Å². The number of ether oxygens (including phenoxy) is 1. The number of nitriles is 1. The van der Waals surface area contributed by atoms with Crippen molar-refractivity contribution in [3.8, 4) is 6.07 Å². The number of nitrogens with zero attached hydrogens (tertiary/aromatic N) is 2. The third kappa shape index (κ3) is 2.93. The van der Waals surface area contributed by atoms with Crippen molar-refractivity contribution in [1.82, 2.24) is 4.98 Å². The number of hydrogen-bond donors (Lipinski definition) is 0. The first-order valence-corrected chi connectivity index (χ1v) is 5.40. The van der Waals surface area contributed by atoms with Gasteiger partial charge in [0.2, 0.25) is 0 Å². The van der Waals surface area contributed by atoms with Crippen molar-refractivity contribution in [2.45, 2.75) is 18.7 Å². The summed E-state index contributed by atoms with van der Waals surface area (Å²) < 4.78 is 30.2. The Kier molecular flexibility index (Phi) is 4.98. The maximum absolute atomic E-state index is 12.9. The van der Waals surface area contributed by atoms with Crippen LogP contribution in [-0.2, 0) is 21.8 Å². The van der Waals surface area contributed by atoms with Gasteiger partial charge in [-0.25, -0.2) is 8.78 Å². The van der Waals surface area contributed by atoms with Crippen molar-refractivity contribution in [2.75, 3.05) is 7.11 Å². The zero-order valence-corrected chi connectivity index (χ0v) is 10.2. The average molecular weight is 275 g/mol. The molecule has 0 atom stereocenters. The number of carbonyl (C=O) groups is 1. The van der Waals surface area contributed by atoms with Gasteiger partial charge in [-0.05, 0) is 5.56 Å². The van der Waals surface area contributed by atoms with Gasteiger partial charge in [0.25, 0.3) is 6.43 Å². The lowest BCUT2D eigenvalue weighted by Gasteiger charge is -2.11. The molecular weight excluding hydrogens is 266 g/mol. The Bertz CT molecular complexity index is 501. The van der Waals surface area contributed by atoms with Crippen LogP contribution in [0.2, 0.25) is 0 Å². The Balaban J connectivity index is 3.34. The molecule has 0 saturated carbocycles. The van der Waals surface area contributed by atoms with E-state index in [4.69, 9.17) is 16.9 Å². The summed E-state index contributed by atoms with van der Waals surface area (Å²) in [5.74, 6) is -0.862. The first kappa shape index (κ1) is 14.3. The average Bonchev–Trinajstić information content (AvgIpc) is 2.37. The van der Waals surface area contributed by atoms with Crippen LogP contribution in [0.5, 0.6) is 0 Å². The van der Waals surface area contributed by atoms with E-state index >= 15 is 0 Å². The molecule has 0 aliphatic rings. The molecule has 0 N–H and O–H groups in total. The van der Waals surface area contributed by atoms with E-state index in [1.54, 1.807) is 6.07 Å². The lowest BCUT2D eigenvalue weighted by molar-refractivity contribution is -0.139. The van der Waals surface area contributed by atoms with Crippen LogP contribution in [0, 0.1) is 11.3 Å². The van der Waals surface area contributed by atoms with Gasteiger partial charge in [0.15, 0.2) is 0 Å². The number of carbonyl (C=O) groups excluding carboxylic acids is 1. The number of hydrogen-bond acceptors (Lipinski definition) is 4. The van der Waals surface area contributed by atoms with Crippen LogP contribution in [-0.4, -0.2) is 18.1 Å². The molecule has 0 amide bonds. The van der Waals surface area contributed by atoms with Crippen LogP contribution in [0.25, 0.3) is 0 Å². The van der Waals surface area contributed by atoms with Gasteiger partial charge < -0.3 is 4.74 Å². The minimum absolute atomic E-state index is 0.0585. The van der Waals surface area contributed by atoms with Crippen molar-refractivity contribution >= 4 is 17.6 Å². The third-order valence-corrected chi connectivity index (χ3v) is 2.55. The molecule has 1 rings (SSSR count). The lowest BCUT2D eigenvalue weighted by atomic mass is 10.0. The zero-order valence-electron chi connectivity index (χ0n) is 9.41. The summed E-state index contributed by atoms with van der Waals surface area (Å²) in [6.45, 7) is 0. The first-order valence-electron chi connectivity index (χ1n) is 4.86. The van der Waals surface area contributed by atoms with Crippen molar-refractivity contribution in [2.24, 2.45) is 0 Å². The fourth-order valence-electron chi connectivity index (χ4n) is 1.44. The highest BCUT2D eigenvalue weighted by atomic mass is 35.5. The standard InChI is InChI=1S/C11H9ClF2N2O2/c1-18-9(17)2-6-5-16-8(3-12)10(11(13)14)7(6)4-15/h5,11H,2-3H2,1H3. The molecule has 1 aromatic heterocycles. The Morgan fingerprint density at radius 3 is 2.78 bits per heavy atom. The van der Waals surface area contributed by atoms with E-state index < -0.39 is 18.0 Å². The summed E-state index contributed by atoms with van der Waals surface area (Å²) in [4.78, 5) is 14.9. The molecule has 0 fully saturated rings. The van der Waals surface area contributed by atoms with E-state index in [1.807, 2.05) is 0 Å². The summed E-state index contributed by atoms with van der Waals surface area (Å²) >= 11 is 5.49. The highest BCUT2D eigenvalue weighted by Gasteiger charge is 2.22. The lowest BCUT2D eigenvalue weighted by Crippen LogP contribution is -2.10. The molecular formula is C11H9ClF2N2O2. The first-order chi connectivity index (χ1) is 8.54. The number of pyridine rings is 1. The second kappa shape index (κ2) is 6.26. The molecule has 4 nitrogen and oxygen atoms in total. The van der Waals surface area contributed by atoms with Crippen LogP contribution >= 0.6 is 11.6 Å². The van der Waals surface area contributed by atoms with E-state index in [1.165, 1.54) is 13.3 Å². The number of aromatic nitrogens is 1. The van der Waals surface area contributed by atoms with E-state index in [-0.39, 0.29) is 29.1 Å². The quantitative estimate of drug-likeness (QED) is 0.624. The zero-order chi connectivity index (χ0) is 13.7. The second-order valence-corrected chi connectivity index (χ2v) is 3.59.